The number of nitrogens with zero attached hydrogens (tertiary/aromatic N) is 1. The standard InChI is InChI=1S/C18H28FN3/c1-14-6-7-18(19)17(16-8-11-20-12-9-16)5-4-10-21-13-15(2)22(14)3/h4-5,7-8,10,14-15,20-21H,6,9,11-13H2,1-3H3/b10-4?,17-5-,18-7+. The predicted molar refractivity (Wildman–Crippen MR) is 91.3 cm³/mol. The van der Waals surface area contributed by atoms with E-state index in [2.05, 4.69) is 42.5 Å². The molecule has 0 aromatic carbocycles. The van der Waals surface area contributed by atoms with Crippen molar-refractivity contribution in [2.75, 3.05) is 26.7 Å². The zero-order valence-corrected chi connectivity index (χ0v) is 13.9. The number of allylic oxidation sites excluding steroid dienone is 4. The van der Waals surface area contributed by atoms with Gasteiger partial charge < -0.3 is 10.6 Å². The fraction of sp³-hybridized carbons (Fsp3) is 0.556. The molecule has 122 valence electrons. The van der Waals surface area contributed by atoms with Crippen LogP contribution in [0.2, 0.25) is 0 Å². The van der Waals surface area contributed by atoms with Crippen molar-refractivity contribution in [1.29, 1.82) is 0 Å². The van der Waals surface area contributed by atoms with E-state index in [9.17, 15) is 4.39 Å². The van der Waals surface area contributed by atoms with Crippen LogP contribution in [0.3, 0.4) is 0 Å². The molecule has 2 N–H and O–H groups in total. The molecule has 2 atom stereocenters. The highest BCUT2D eigenvalue weighted by atomic mass is 19.1. The molecule has 0 amide bonds. The Morgan fingerprint density at radius 3 is 2.77 bits per heavy atom. The monoisotopic (exact) mass is 305 g/mol. The Kier molecular flexibility index (Phi) is 6.40. The topological polar surface area (TPSA) is 27.3 Å². The molecule has 0 aromatic heterocycles. The van der Waals surface area contributed by atoms with E-state index < -0.39 is 0 Å². The van der Waals surface area contributed by atoms with E-state index in [4.69, 9.17) is 0 Å². The maximum Gasteiger partial charge on any atom is 0.126 e. The quantitative estimate of drug-likeness (QED) is 0.780. The van der Waals surface area contributed by atoms with Crippen LogP contribution in [0, 0.1) is 0 Å². The smallest absolute Gasteiger partial charge is 0.126 e. The molecule has 2 aliphatic heterocycles. The molecule has 4 heteroatoms. The lowest BCUT2D eigenvalue weighted by Crippen LogP contribution is -2.41. The van der Waals surface area contributed by atoms with Gasteiger partial charge in [-0.1, -0.05) is 12.2 Å². The Hall–Kier alpha value is -1.39. The highest BCUT2D eigenvalue weighted by Gasteiger charge is 2.17. The Labute approximate surface area is 133 Å². The molecule has 0 fully saturated rings. The van der Waals surface area contributed by atoms with Gasteiger partial charge in [0, 0.05) is 30.7 Å². The average Bonchev–Trinajstić information content (AvgIpc) is 2.54. The molecule has 22 heavy (non-hydrogen) atoms. The van der Waals surface area contributed by atoms with Crippen LogP contribution in [0.1, 0.15) is 26.7 Å². The summed E-state index contributed by atoms with van der Waals surface area (Å²) >= 11 is 0. The van der Waals surface area contributed by atoms with Crippen LogP contribution in [-0.2, 0) is 0 Å². The van der Waals surface area contributed by atoms with Gasteiger partial charge in [-0.25, -0.2) is 4.39 Å². The summed E-state index contributed by atoms with van der Waals surface area (Å²) in [6, 6.07) is 0.723. The number of rotatable bonds is 1. The maximum atomic E-state index is 14.7. The highest BCUT2D eigenvalue weighted by Crippen LogP contribution is 2.25. The minimum absolute atomic E-state index is 0.105. The Morgan fingerprint density at radius 2 is 2.05 bits per heavy atom. The zero-order chi connectivity index (χ0) is 15.9. The SMILES string of the molecule is CC1C/C=C(F)\C(C2=CCNCC2)=C/C=CNCC(C)N1C. The van der Waals surface area contributed by atoms with Crippen molar-refractivity contribution >= 4 is 0 Å². The van der Waals surface area contributed by atoms with Gasteiger partial charge in [-0.3, -0.25) is 4.90 Å². The summed E-state index contributed by atoms with van der Waals surface area (Å²) in [4.78, 5) is 2.29. The minimum atomic E-state index is -0.105. The van der Waals surface area contributed by atoms with Crippen LogP contribution in [0.15, 0.2) is 47.5 Å². The lowest BCUT2D eigenvalue weighted by Gasteiger charge is -2.30. The molecular formula is C18H28FN3. The summed E-state index contributed by atoms with van der Waals surface area (Å²) in [5, 5.41) is 6.57. The Bertz CT molecular complexity index is 491. The van der Waals surface area contributed by atoms with E-state index in [0.717, 1.165) is 43.6 Å². The second-order valence-corrected chi connectivity index (χ2v) is 6.18. The highest BCUT2D eigenvalue weighted by molar-refractivity contribution is 5.46. The molecule has 0 saturated heterocycles. The van der Waals surface area contributed by atoms with E-state index in [-0.39, 0.29) is 5.83 Å². The summed E-state index contributed by atoms with van der Waals surface area (Å²) in [6.45, 7) is 6.95. The molecule has 2 unspecified atom stereocenters. The zero-order valence-electron chi connectivity index (χ0n) is 13.9. The van der Waals surface area contributed by atoms with E-state index in [1.54, 1.807) is 6.08 Å². The number of halogens is 1. The van der Waals surface area contributed by atoms with Crippen LogP contribution < -0.4 is 10.6 Å². The second-order valence-electron chi connectivity index (χ2n) is 6.18. The fourth-order valence-electron chi connectivity index (χ4n) is 2.79. The van der Waals surface area contributed by atoms with Gasteiger partial charge in [0.1, 0.15) is 5.83 Å². The molecule has 2 aliphatic rings. The predicted octanol–water partition coefficient (Wildman–Crippen LogP) is 2.90. The molecule has 0 aromatic rings. The minimum Gasteiger partial charge on any atom is -0.389 e. The number of hydrogen-bond donors (Lipinski definition) is 2. The first-order valence-corrected chi connectivity index (χ1v) is 8.18. The summed E-state index contributed by atoms with van der Waals surface area (Å²) in [7, 11) is 2.10. The maximum absolute atomic E-state index is 14.7. The fourth-order valence-corrected chi connectivity index (χ4v) is 2.79. The third-order valence-corrected chi connectivity index (χ3v) is 4.59. The third-order valence-electron chi connectivity index (χ3n) is 4.59. The van der Waals surface area contributed by atoms with Gasteiger partial charge in [0.05, 0.1) is 0 Å². The van der Waals surface area contributed by atoms with Crippen molar-refractivity contribution in [3.05, 3.63) is 47.5 Å². The second kappa shape index (κ2) is 8.30. The Morgan fingerprint density at radius 1 is 1.23 bits per heavy atom. The van der Waals surface area contributed by atoms with Crippen molar-refractivity contribution in [2.45, 2.75) is 38.8 Å². The van der Waals surface area contributed by atoms with Crippen molar-refractivity contribution in [1.82, 2.24) is 15.5 Å². The van der Waals surface area contributed by atoms with Crippen LogP contribution in [-0.4, -0.2) is 43.7 Å². The Balaban J connectivity index is 2.25. The average molecular weight is 305 g/mol. The van der Waals surface area contributed by atoms with E-state index in [0.29, 0.717) is 12.1 Å². The third kappa shape index (κ3) is 4.55. The summed E-state index contributed by atoms with van der Waals surface area (Å²) in [5.41, 5.74) is 1.83. The first-order chi connectivity index (χ1) is 10.6. The first-order valence-electron chi connectivity index (χ1n) is 8.18. The molecule has 3 nitrogen and oxygen atoms in total. The van der Waals surface area contributed by atoms with Crippen LogP contribution in [0.5, 0.6) is 0 Å². The lowest BCUT2D eigenvalue weighted by molar-refractivity contribution is 0.196. The van der Waals surface area contributed by atoms with E-state index in [1.807, 2.05) is 18.4 Å². The summed E-state index contributed by atoms with van der Waals surface area (Å²) < 4.78 is 14.7. The van der Waals surface area contributed by atoms with Crippen molar-refractivity contribution in [3.63, 3.8) is 0 Å². The van der Waals surface area contributed by atoms with Gasteiger partial charge in [0.2, 0.25) is 0 Å². The van der Waals surface area contributed by atoms with Gasteiger partial charge >= 0.3 is 0 Å². The molecular weight excluding hydrogens is 277 g/mol. The van der Waals surface area contributed by atoms with Crippen molar-refractivity contribution in [2.24, 2.45) is 0 Å². The number of hydrogen-bond acceptors (Lipinski definition) is 3. The van der Waals surface area contributed by atoms with Gasteiger partial charge in [0.25, 0.3) is 0 Å². The molecule has 0 bridgehead atoms. The normalized spacial score (nSPS) is 33.4. The summed E-state index contributed by atoms with van der Waals surface area (Å²) in [5.74, 6) is -0.105. The molecule has 0 spiro atoms. The van der Waals surface area contributed by atoms with Crippen LogP contribution in [0.25, 0.3) is 0 Å². The van der Waals surface area contributed by atoms with Gasteiger partial charge in [-0.15, -0.1) is 0 Å². The molecule has 2 heterocycles. The van der Waals surface area contributed by atoms with E-state index >= 15 is 0 Å². The van der Waals surface area contributed by atoms with Gasteiger partial charge in [-0.2, -0.15) is 0 Å². The largest absolute Gasteiger partial charge is 0.389 e. The number of nitrogens with one attached hydrogen (secondary N) is 2. The van der Waals surface area contributed by atoms with Crippen molar-refractivity contribution < 1.29 is 4.39 Å². The molecule has 2 rings (SSSR count). The molecule has 0 aliphatic carbocycles. The van der Waals surface area contributed by atoms with Crippen LogP contribution >= 0.6 is 0 Å². The van der Waals surface area contributed by atoms with Gasteiger partial charge in [0.15, 0.2) is 0 Å². The van der Waals surface area contributed by atoms with Crippen molar-refractivity contribution in [3.8, 4) is 0 Å². The lowest BCUT2D eigenvalue weighted by atomic mass is 9.97. The molecule has 0 radical (unpaired) electrons. The van der Waals surface area contributed by atoms with Gasteiger partial charge in [-0.05, 0) is 64.2 Å². The molecule has 0 saturated carbocycles. The number of likely N-dealkylation sites (N-methyl/N-ethyl adjacent to an activating group) is 1. The van der Waals surface area contributed by atoms with Crippen LogP contribution in [0.4, 0.5) is 4.39 Å². The first kappa shape index (κ1) is 17.0. The van der Waals surface area contributed by atoms with E-state index in [1.165, 1.54) is 0 Å². The summed E-state index contributed by atoms with van der Waals surface area (Å²) in [6.07, 6.45) is 11.1.